The molecule has 0 aliphatic carbocycles. The van der Waals surface area contributed by atoms with Gasteiger partial charge in [0.15, 0.2) is 5.82 Å². The van der Waals surface area contributed by atoms with Crippen molar-refractivity contribution in [2.75, 3.05) is 6.54 Å². The smallest absolute Gasteiger partial charge is 0.226 e. The van der Waals surface area contributed by atoms with Gasteiger partial charge in [-0.3, -0.25) is 4.79 Å². The first kappa shape index (κ1) is 17.2. The van der Waals surface area contributed by atoms with E-state index in [9.17, 15) is 4.79 Å². The van der Waals surface area contributed by atoms with Crippen molar-refractivity contribution in [3.63, 3.8) is 0 Å². The van der Waals surface area contributed by atoms with Crippen LogP contribution in [-0.2, 0) is 16.6 Å². The van der Waals surface area contributed by atoms with Gasteiger partial charge in [-0.2, -0.15) is 4.98 Å². The zero-order valence-corrected chi connectivity index (χ0v) is 14.3. The van der Waals surface area contributed by atoms with Gasteiger partial charge in [0.1, 0.15) is 0 Å². The summed E-state index contributed by atoms with van der Waals surface area (Å²) < 4.78 is 5.04. The Morgan fingerprint density at radius 2 is 2.00 bits per heavy atom. The van der Waals surface area contributed by atoms with Crippen molar-refractivity contribution in [3.05, 3.63) is 47.1 Å². The topological polar surface area (TPSA) is 68.0 Å². The second-order valence-corrected chi connectivity index (χ2v) is 6.56. The van der Waals surface area contributed by atoms with Crippen LogP contribution >= 0.6 is 0 Å². The van der Waals surface area contributed by atoms with Gasteiger partial charge < -0.3 is 9.84 Å². The van der Waals surface area contributed by atoms with Gasteiger partial charge in [0, 0.05) is 24.8 Å². The molecule has 5 heteroatoms. The highest BCUT2D eigenvalue weighted by molar-refractivity contribution is 5.76. The maximum Gasteiger partial charge on any atom is 0.226 e. The molecule has 1 aromatic carbocycles. The Morgan fingerprint density at radius 1 is 1.26 bits per heavy atom. The molecule has 0 fully saturated rings. The molecule has 2 rings (SSSR count). The van der Waals surface area contributed by atoms with Gasteiger partial charge in [-0.1, -0.05) is 43.3 Å². The molecule has 0 atom stereocenters. The summed E-state index contributed by atoms with van der Waals surface area (Å²) >= 11 is 0. The average molecular weight is 315 g/mol. The maximum atomic E-state index is 12.0. The largest absolute Gasteiger partial charge is 0.355 e. The van der Waals surface area contributed by atoms with Crippen molar-refractivity contribution in [1.29, 1.82) is 0 Å². The first-order valence-corrected chi connectivity index (χ1v) is 8.00. The van der Waals surface area contributed by atoms with Gasteiger partial charge in [-0.25, -0.2) is 0 Å². The van der Waals surface area contributed by atoms with Crippen LogP contribution in [0.15, 0.2) is 28.8 Å². The van der Waals surface area contributed by atoms with Crippen LogP contribution in [-0.4, -0.2) is 22.6 Å². The lowest BCUT2D eigenvalue weighted by atomic mass is 9.82. The third-order valence-corrected chi connectivity index (χ3v) is 3.97. The van der Waals surface area contributed by atoms with Gasteiger partial charge in [0.05, 0.1) is 0 Å². The highest BCUT2D eigenvalue weighted by atomic mass is 16.5. The fourth-order valence-electron chi connectivity index (χ4n) is 2.68. The summed E-state index contributed by atoms with van der Waals surface area (Å²) in [6.07, 6.45) is 1.80. The molecule has 0 aliphatic rings. The van der Waals surface area contributed by atoms with E-state index in [-0.39, 0.29) is 11.3 Å². The lowest BCUT2D eigenvalue weighted by molar-refractivity contribution is -0.121. The quantitative estimate of drug-likeness (QED) is 0.852. The first-order valence-electron chi connectivity index (χ1n) is 8.00. The Bertz CT molecular complexity index is 662. The predicted octanol–water partition coefficient (Wildman–Crippen LogP) is 3.10. The standard InChI is InChI=1S/C18H25N3O2/c1-13-8-5-6-9-15(13)18(3,4)12-19-16(22)10-7-11-17-20-14(2)21-23-17/h5-6,8-9H,7,10-12H2,1-4H3,(H,19,22). The lowest BCUT2D eigenvalue weighted by Crippen LogP contribution is -2.37. The fraction of sp³-hybridized carbons (Fsp3) is 0.500. The fourth-order valence-corrected chi connectivity index (χ4v) is 2.68. The highest BCUT2D eigenvalue weighted by Gasteiger charge is 2.22. The van der Waals surface area contributed by atoms with Crippen molar-refractivity contribution < 1.29 is 9.32 Å². The monoisotopic (exact) mass is 315 g/mol. The second-order valence-electron chi connectivity index (χ2n) is 6.56. The van der Waals surface area contributed by atoms with Crippen molar-refractivity contribution in [3.8, 4) is 0 Å². The Morgan fingerprint density at radius 3 is 2.65 bits per heavy atom. The van der Waals surface area contributed by atoms with Crippen LogP contribution in [0.3, 0.4) is 0 Å². The molecule has 0 bridgehead atoms. The van der Waals surface area contributed by atoms with Crippen molar-refractivity contribution in [2.24, 2.45) is 0 Å². The third kappa shape index (κ3) is 4.91. The summed E-state index contributed by atoms with van der Waals surface area (Å²) in [4.78, 5) is 16.2. The number of hydrogen-bond acceptors (Lipinski definition) is 4. The molecule has 0 aliphatic heterocycles. The summed E-state index contributed by atoms with van der Waals surface area (Å²) in [6.45, 7) is 8.81. The van der Waals surface area contributed by atoms with Crippen LogP contribution in [0.5, 0.6) is 0 Å². The summed E-state index contributed by atoms with van der Waals surface area (Å²) in [5, 5.41) is 6.77. The molecule has 2 aromatic rings. The zero-order valence-electron chi connectivity index (χ0n) is 14.3. The number of benzene rings is 1. The SMILES string of the molecule is Cc1noc(CCCC(=O)NCC(C)(C)c2ccccc2C)n1. The van der Waals surface area contributed by atoms with Crippen LogP contribution < -0.4 is 5.32 Å². The minimum absolute atomic E-state index is 0.0582. The molecule has 1 N–H and O–H groups in total. The normalized spacial score (nSPS) is 11.5. The summed E-state index contributed by atoms with van der Waals surface area (Å²) in [7, 11) is 0. The number of hydrogen-bond donors (Lipinski definition) is 1. The van der Waals surface area contributed by atoms with Crippen LogP contribution in [0.4, 0.5) is 0 Å². The van der Waals surface area contributed by atoms with Gasteiger partial charge in [0.2, 0.25) is 11.8 Å². The molecule has 0 unspecified atom stereocenters. The highest BCUT2D eigenvalue weighted by Crippen LogP contribution is 2.25. The van der Waals surface area contributed by atoms with E-state index in [4.69, 9.17) is 4.52 Å². The molecule has 1 aromatic heterocycles. The number of aromatic nitrogens is 2. The number of carbonyl (C=O) groups is 1. The minimum atomic E-state index is -0.0927. The van der Waals surface area contributed by atoms with E-state index in [0.29, 0.717) is 37.5 Å². The van der Waals surface area contributed by atoms with E-state index in [1.807, 2.05) is 12.1 Å². The van der Waals surface area contributed by atoms with E-state index >= 15 is 0 Å². The van der Waals surface area contributed by atoms with Crippen LogP contribution in [0.1, 0.15) is 49.5 Å². The maximum absolute atomic E-state index is 12.0. The Kier molecular flexibility index (Phi) is 5.53. The molecule has 1 heterocycles. The van der Waals surface area contributed by atoms with E-state index in [1.165, 1.54) is 11.1 Å². The van der Waals surface area contributed by atoms with Crippen LogP contribution in [0.25, 0.3) is 0 Å². The lowest BCUT2D eigenvalue weighted by Gasteiger charge is -2.27. The van der Waals surface area contributed by atoms with E-state index < -0.39 is 0 Å². The van der Waals surface area contributed by atoms with Crippen LogP contribution in [0.2, 0.25) is 0 Å². The van der Waals surface area contributed by atoms with E-state index in [0.717, 1.165) is 0 Å². The molecular formula is C18H25N3O2. The number of rotatable bonds is 7. The van der Waals surface area contributed by atoms with Crippen LogP contribution in [0, 0.1) is 13.8 Å². The number of nitrogens with one attached hydrogen (secondary N) is 1. The number of carbonyl (C=O) groups excluding carboxylic acids is 1. The van der Waals surface area contributed by atoms with Gasteiger partial charge >= 0.3 is 0 Å². The zero-order chi connectivity index (χ0) is 16.9. The van der Waals surface area contributed by atoms with Gasteiger partial charge in [-0.15, -0.1) is 0 Å². The molecule has 1 amide bonds. The van der Waals surface area contributed by atoms with Crippen molar-refractivity contribution >= 4 is 5.91 Å². The molecule has 5 nitrogen and oxygen atoms in total. The van der Waals surface area contributed by atoms with Crippen molar-refractivity contribution in [2.45, 2.75) is 52.4 Å². The molecule has 0 saturated heterocycles. The summed E-state index contributed by atoms with van der Waals surface area (Å²) in [5.74, 6) is 1.28. The second kappa shape index (κ2) is 7.40. The number of nitrogens with zero attached hydrogens (tertiary/aromatic N) is 2. The Labute approximate surface area is 137 Å². The van der Waals surface area contributed by atoms with E-state index in [2.05, 4.69) is 48.4 Å². The molecule has 23 heavy (non-hydrogen) atoms. The summed E-state index contributed by atoms with van der Waals surface area (Å²) in [5.41, 5.74) is 2.42. The molecule has 0 radical (unpaired) electrons. The third-order valence-electron chi connectivity index (χ3n) is 3.97. The minimum Gasteiger partial charge on any atom is -0.355 e. The number of amides is 1. The summed E-state index contributed by atoms with van der Waals surface area (Å²) in [6, 6.07) is 8.30. The predicted molar refractivity (Wildman–Crippen MR) is 89.2 cm³/mol. The number of aryl methyl sites for hydroxylation is 3. The van der Waals surface area contributed by atoms with Gasteiger partial charge in [0.25, 0.3) is 0 Å². The Balaban J connectivity index is 1.78. The Hall–Kier alpha value is -2.17. The van der Waals surface area contributed by atoms with Crippen molar-refractivity contribution in [1.82, 2.24) is 15.5 Å². The molecular weight excluding hydrogens is 290 g/mol. The average Bonchev–Trinajstić information content (AvgIpc) is 2.91. The molecule has 0 spiro atoms. The van der Waals surface area contributed by atoms with Gasteiger partial charge in [-0.05, 0) is 31.4 Å². The first-order chi connectivity index (χ1) is 10.9. The molecule has 124 valence electrons. The molecule has 0 saturated carbocycles. The van der Waals surface area contributed by atoms with E-state index in [1.54, 1.807) is 6.92 Å².